The van der Waals surface area contributed by atoms with Gasteiger partial charge in [0.25, 0.3) is 0 Å². The van der Waals surface area contributed by atoms with E-state index in [1.54, 1.807) is 12.1 Å². The van der Waals surface area contributed by atoms with Gasteiger partial charge in [-0.15, -0.1) is 0 Å². The van der Waals surface area contributed by atoms with Crippen LogP contribution >= 0.6 is 0 Å². The van der Waals surface area contributed by atoms with Crippen molar-refractivity contribution in [2.45, 2.75) is 0 Å². The van der Waals surface area contributed by atoms with E-state index in [1.165, 1.54) is 0 Å². The molecule has 4 heteroatoms. The number of pyridine rings is 2. The number of benzene rings is 3. The minimum absolute atomic E-state index is 0.248. The maximum Gasteiger partial charge on any atom is 0.146 e. The number of hydrogen-bond donors (Lipinski definition) is 1. The van der Waals surface area contributed by atoms with Crippen molar-refractivity contribution in [2.24, 2.45) is 0 Å². The lowest BCUT2D eigenvalue weighted by atomic mass is 10.0. The summed E-state index contributed by atoms with van der Waals surface area (Å²) in [5.74, 6) is 0.248. The van der Waals surface area contributed by atoms with Gasteiger partial charge in [0.05, 0.1) is 16.9 Å². The number of para-hydroxylation sites is 1. The summed E-state index contributed by atoms with van der Waals surface area (Å²) in [6, 6.07) is 27.7. The Kier molecular flexibility index (Phi) is 3.59. The van der Waals surface area contributed by atoms with Crippen LogP contribution in [-0.2, 0) is 0 Å². The van der Waals surface area contributed by atoms with Crippen LogP contribution < -0.4 is 0 Å². The van der Waals surface area contributed by atoms with E-state index in [0.29, 0.717) is 0 Å². The molecule has 0 saturated heterocycles. The Bertz CT molecular complexity index is 1530. The molecule has 0 atom stereocenters. The molecule has 0 saturated carbocycles. The fraction of sp³-hybridized carbons (Fsp3) is 0. The molecule has 3 heterocycles. The van der Waals surface area contributed by atoms with Gasteiger partial charge >= 0.3 is 0 Å². The number of phenols is 1. The molecule has 1 N–H and O–H groups in total. The van der Waals surface area contributed by atoms with E-state index < -0.39 is 0 Å². The van der Waals surface area contributed by atoms with Crippen molar-refractivity contribution in [3.05, 3.63) is 97.3 Å². The molecule has 3 aromatic carbocycles. The second-order valence-electron chi connectivity index (χ2n) is 7.35. The molecule has 0 spiro atoms. The Morgan fingerprint density at radius 3 is 2.27 bits per heavy atom. The van der Waals surface area contributed by atoms with Gasteiger partial charge in [-0.2, -0.15) is 0 Å². The fourth-order valence-electron chi connectivity index (χ4n) is 4.06. The molecule has 3 aromatic heterocycles. The summed E-state index contributed by atoms with van der Waals surface area (Å²) in [5, 5.41) is 12.9. The zero-order valence-electron chi connectivity index (χ0n) is 16.0. The van der Waals surface area contributed by atoms with E-state index in [2.05, 4.69) is 34.7 Å². The van der Waals surface area contributed by atoms with Crippen LogP contribution in [-0.4, -0.2) is 19.5 Å². The molecule has 0 unspecified atom stereocenters. The Balaban J connectivity index is 1.72. The van der Waals surface area contributed by atoms with Crippen molar-refractivity contribution >= 4 is 27.3 Å². The van der Waals surface area contributed by atoms with Gasteiger partial charge in [-0.25, -0.2) is 9.97 Å². The third kappa shape index (κ3) is 2.54. The lowest BCUT2D eigenvalue weighted by Gasteiger charge is -2.11. The molecule has 6 rings (SSSR count). The summed E-state index contributed by atoms with van der Waals surface area (Å²) in [7, 11) is 0. The molecule has 30 heavy (non-hydrogen) atoms. The van der Waals surface area contributed by atoms with Crippen LogP contribution in [0.3, 0.4) is 0 Å². The van der Waals surface area contributed by atoms with Gasteiger partial charge in [0, 0.05) is 39.7 Å². The Morgan fingerprint density at radius 2 is 1.43 bits per heavy atom. The van der Waals surface area contributed by atoms with E-state index >= 15 is 0 Å². The third-order valence-electron chi connectivity index (χ3n) is 5.50. The number of aromatic hydroxyl groups is 1. The van der Waals surface area contributed by atoms with Crippen molar-refractivity contribution in [3.63, 3.8) is 0 Å². The highest BCUT2D eigenvalue weighted by Crippen LogP contribution is 2.35. The van der Waals surface area contributed by atoms with Crippen LogP contribution in [0.4, 0.5) is 0 Å². The van der Waals surface area contributed by atoms with Crippen LogP contribution in [0.5, 0.6) is 5.75 Å². The zero-order chi connectivity index (χ0) is 20.1. The van der Waals surface area contributed by atoms with Crippen molar-refractivity contribution in [2.75, 3.05) is 0 Å². The predicted octanol–water partition coefficient (Wildman–Crippen LogP) is 6.08. The summed E-state index contributed by atoms with van der Waals surface area (Å²) in [5.41, 5.74) is 5.72. The molecular weight excluding hydrogens is 370 g/mol. The number of phenolic OH excluding ortho intramolecular Hbond substituents is 1. The third-order valence-corrected chi connectivity index (χ3v) is 5.50. The first kappa shape index (κ1) is 16.7. The maximum atomic E-state index is 9.61. The van der Waals surface area contributed by atoms with Gasteiger partial charge in [0.2, 0.25) is 0 Å². The van der Waals surface area contributed by atoms with Gasteiger partial charge in [0.1, 0.15) is 11.4 Å². The second-order valence-corrected chi connectivity index (χ2v) is 7.35. The minimum atomic E-state index is 0.248. The second kappa shape index (κ2) is 6.42. The number of fused-ring (bicyclic) bond motifs is 5. The molecule has 4 nitrogen and oxygen atoms in total. The maximum absolute atomic E-state index is 9.61. The lowest BCUT2D eigenvalue weighted by molar-refractivity contribution is 0.475. The van der Waals surface area contributed by atoms with Gasteiger partial charge in [-0.05, 0) is 36.4 Å². The van der Waals surface area contributed by atoms with Gasteiger partial charge in [-0.1, -0.05) is 48.5 Å². The highest BCUT2D eigenvalue weighted by atomic mass is 16.3. The summed E-state index contributed by atoms with van der Waals surface area (Å²) < 4.78 is 2.06. The van der Waals surface area contributed by atoms with Crippen LogP contribution in [0, 0.1) is 0 Å². The average Bonchev–Trinajstić information content (AvgIpc) is 3.24. The number of imidazole rings is 1. The first-order valence-corrected chi connectivity index (χ1v) is 9.83. The molecule has 0 amide bonds. The van der Waals surface area contributed by atoms with Crippen molar-refractivity contribution < 1.29 is 5.11 Å². The highest BCUT2D eigenvalue weighted by Gasteiger charge is 2.15. The summed E-state index contributed by atoms with van der Waals surface area (Å²) in [6.07, 6.45) is 4.07. The number of aromatic nitrogens is 3. The zero-order valence-corrected chi connectivity index (χ0v) is 16.0. The van der Waals surface area contributed by atoms with E-state index in [9.17, 15) is 5.11 Å². The smallest absolute Gasteiger partial charge is 0.146 e. The molecule has 0 aliphatic carbocycles. The van der Waals surface area contributed by atoms with Gasteiger partial charge < -0.3 is 9.51 Å². The molecule has 0 fully saturated rings. The van der Waals surface area contributed by atoms with Crippen molar-refractivity contribution in [1.29, 1.82) is 0 Å². The number of rotatable bonds is 2. The molecule has 0 aliphatic heterocycles. The van der Waals surface area contributed by atoms with Crippen LogP contribution in [0.2, 0.25) is 0 Å². The molecule has 0 radical (unpaired) electrons. The molecular formula is C26H17N3O. The first-order chi connectivity index (χ1) is 14.8. The van der Waals surface area contributed by atoms with Gasteiger partial charge in [0.15, 0.2) is 0 Å². The van der Waals surface area contributed by atoms with Crippen LogP contribution in [0.15, 0.2) is 97.3 Å². The average molecular weight is 387 g/mol. The standard InChI is InChI=1S/C26H17N3O/c30-19-12-10-17(11-13-19)23-16-29-15-14-21-24(26(29)28-23)20-8-4-5-9-22(20)27-25(21)18-6-2-1-3-7-18/h1-16,30H. The SMILES string of the molecule is Oc1ccc(-c2cn3ccc4c(-c5ccccc5)nc5ccccc5c4c3n2)cc1. The monoisotopic (exact) mass is 387 g/mol. The summed E-state index contributed by atoms with van der Waals surface area (Å²) in [6.45, 7) is 0. The van der Waals surface area contributed by atoms with E-state index in [1.807, 2.05) is 54.9 Å². The highest BCUT2D eigenvalue weighted by molar-refractivity contribution is 6.16. The van der Waals surface area contributed by atoms with E-state index in [4.69, 9.17) is 9.97 Å². The topological polar surface area (TPSA) is 50.4 Å². The lowest BCUT2D eigenvalue weighted by Crippen LogP contribution is -1.93. The quantitative estimate of drug-likeness (QED) is 0.367. The van der Waals surface area contributed by atoms with E-state index in [-0.39, 0.29) is 5.75 Å². The summed E-state index contributed by atoms with van der Waals surface area (Å²) >= 11 is 0. The normalized spacial score (nSPS) is 11.5. The Labute approximate surface area is 172 Å². The molecule has 142 valence electrons. The van der Waals surface area contributed by atoms with Crippen LogP contribution in [0.1, 0.15) is 0 Å². The molecule has 0 bridgehead atoms. The summed E-state index contributed by atoms with van der Waals surface area (Å²) in [4.78, 5) is 9.97. The number of nitrogens with zero attached hydrogens (tertiary/aromatic N) is 3. The van der Waals surface area contributed by atoms with Gasteiger partial charge in [-0.3, -0.25) is 0 Å². The largest absolute Gasteiger partial charge is 0.508 e. The van der Waals surface area contributed by atoms with E-state index in [0.717, 1.165) is 49.8 Å². The first-order valence-electron chi connectivity index (χ1n) is 9.83. The fourth-order valence-corrected chi connectivity index (χ4v) is 4.06. The Hall–Kier alpha value is -4.18. The Morgan fingerprint density at radius 1 is 0.667 bits per heavy atom. The number of hydrogen-bond acceptors (Lipinski definition) is 3. The molecule has 0 aliphatic rings. The minimum Gasteiger partial charge on any atom is -0.508 e. The van der Waals surface area contributed by atoms with Crippen LogP contribution in [0.25, 0.3) is 49.8 Å². The van der Waals surface area contributed by atoms with Crippen molar-refractivity contribution in [3.8, 4) is 28.3 Å². The molecule has 6 aromatic rings. The van der Waals surface area contributed by atoms with Crippen molar-refractivity contribution in [1.82, 2.24) is 14.4 Å². The predicted molar refractivity (Wildman–Crippen MR) is 121 cm³/mol.